The number of nitrogens with two attached hydrogens (primary N) is 2. The molecule has 0 aliphatic heterocycles. The number of hydrogen-bond acceptors (Lipinski definition) is 8. The summed E-state index contributed by atoms with van der Waals surface area (Å²) in [6.45, 7) is 4.13. The Labute approximate surface area is 164 Å². The number of pyridine rings is 1. The second kappa shape index (κ2) is 8.83. The molecule has 0 saturated heterocycles. The van der Waals surface area contributed by atoms with Crippen molar-refractivity contribution in [3.05, 3.63) is 30.0 Å². The quantitative estimate of drug-likeness (QED) is 0.595. The molecule has 9 heteroatoms. The third-order valence-electron chi connectivity index (χ3n) is 4.73. The van der Waals surface area contributed by atoms with Crippen LogP contribution in [0, 0.1) is 0 Å². The van der Waals surface area contributed by atoms with E-state index in [-0.39, 0.29) is 23.9 Å². The molecule has 1 saturated carbocycles. The average molecular weight is 385 g/mol. The number of anilines is 3. The summed E-state index contributed by atoms with van der Waals surface area (Å²) in [5.41, 5.74) is 12.7. The molecular formula is C19H27N7O2. The highest BCUT2D eigenvalue weighted by Gasteiger charge is 2.23. The van der Waals surface area contributed by atoms with Crippen molar-refractivity contribution in [2.24, 2.45) is 11.5 Å². The molecule has 1 aliphatic carbocycles. The molecule has 9 nitrogen and oxygen atoms in total. The van der Waals surface area contributed by atoms with Crippen LogP contribution in [0.3, 0.4) is 0 Å². The van der Waals surface area contributed by atoms with Gasteiger partial charge in [-0.2, -0.15) is 0 Å². The van der Waals surface area contributed by atoms with E-state index in [1.807, 2.05) is 18.2 Å². The van der Waals surface area contributed by atoms with Gasteiger partial charge in [0, 0.05) is 23.8 Å². The van der Waals surface area contributed by atoms with Crippen molar-refractivity contribution in [3.8, 4) is 5.88 Å². The second-order valence-electron chi connectivity index (χ2n) is 7.30. The summed E-state index contributed by atoms with van der Waals surface area (Å²) in [5, 5.41) is 14.6. The molecule has 6 N–H and O–H groups in total. The Hall–Kier alpha value is -2.94. The fraction of sp³-hybridized carbons (Fsp3) is 0.474. The van der Waals surface area contributed by atoms with E-state index in [2.05, 4.69) is 39.7 Å². The number of amides is 1. The van der Waals surface area contributed by atoms with Crippen LogP contribution in [0.25, 0.3) is 0 Å². The molecule has 2 heterocycles. The zero-order chi connectivity index (χ0) is 20.1. The number of ether oxygens (including phenoxy) is 1. The van der Waals surface area contributed by atoms with Gasteiger partial charge in [0.15, 0.2) is 5.82 Å². The van der Waals surface area contributed by atoms with E-state index >= 15 is 0 Å². The normalized spacial score (nSPS) is 19.3. The lowest BCUT2D eigenvalue weighted by Crippen LogP contribution is -2.42. The van der Waals surface area contributed by atoms with E-state index in [4.69, 9.17) is 16.2 Å². The monoisotopic (exact) mass is 385 g/mol. The standard InChI is InChI=1S/C19H27N7O2/c1-11(2)13-8-5-9-16(22-13)24-15-10-17(25-26-18(15)28-19(21)27)23-14-7-4-3-6-12(14)20/h5,8-12,14H,3-4,6-7,20H2,1-2H3,(H2,21,27)(H2,22,23,24,25)/t12-,14+/m0/s1. The van der Waals surface area contributed by atoms with Gasteiger partial charge >= 0.3 is 6.09 Å². The van der Waals surface area contributed by atoms with Crippen molar-refractivity contribution in [2.45, 2.75) is 57.5 Å². The highest BCUT2D eigenvalue weighted by Crippen LogP contribution is 2.28. The molecule has 0 bridgehead atoms. The van der Waals surface area contributed by atoms with Gasteiger partial charge in [-0.05, 0) is 30.9 Å². The predicted octanol–water partition coefficient (Wildman–Crippen LogP) is 2.88. The van der Waals surface area contributed by atoms with Gasteiger partial charge in [-0.1, -0.05) is 32.8 Å². The summed E-state index contributed by atoms with van der Waals surface area (Å²) in [7, 11) is 0. The molecular weight excluding hydrogens is 358 g/mol. The zero-order valence-electron chi connectivity index (χ0n) is 16.2. The smallest absolute Gasteiger partial charge is 0.387 e. The maximum Gasteiger partial charge on any atom is 0.411 e. The van der Waals surface area contributed by atoms with E-state index in [0.29, 0.717) is 17.3 Å². The Bertz CT molecular complexity index is 828. The summed E-state index contributed by atoms with van der Waals surface area (Å²) < 4.78 is 4.98. The van der Waals surface area contributed by atoms with E-state index in [1.165, 1.54) is 0 Å². The lowest BCUT2D eigenvalue weighted by atomic mass is 9.91. The van der Waals surface area contributed by atoms with Crippen LogP contribution in [0.1, 0.15) is 51.1 Å². The van der Waals surface area contributed by atoms with Crippen LogP contribution in [0.15, 0.2) is 24.3 Å². The summed E-state index contributed by atoms with van der Waals surface area (Å²) in [6, 6.07) is 7.60. The van der Waals surface area contributed by atoms with E-state index in [1.54, 1.807) is 6.07 Å². The Kier molecular flexibility index (Phi) is 6.25. The van der Waals surface area contributed by atoms with Gasteiger partial charge in [0.1, 0.15) is 11.5 Å². The zero-order valence-corrected chi connectivity index (χ0v) is 16.2. The molecule has 150 valence electrons. The highest BCUT2D eigenvalue weighted by molar-refractivity contribution is 5.73. The van der Waals surface area contributed by atoms with Gasteiger partial charge in [0.25, 0.3) is 5.88 Å². The molecule has 0 radical (unpaired) electrons. The molecule has 2 atom stereocenters. The van der Waals surface area contributed by atoms with Crippen LogP contribution in [0.4, 0.5) is 22.1 Å². The van der Waals surface area contributed by atoms with Crippen molar-refractivity contribution in [1.29, 1.82) is 0 Å². The molecule has 3 rings (SSSR count). The number of nitrogens with one attached hydrogen (secondary N) is 2. The molecule has 1 amide bonds. The van der Waals surface area contributed by atoms with E-state index in [9.17, 15) is 4.79 Å². The number of primary amides is 1. The minimum absolute atomic E-state index is 0.0113. The maximum absolute atomic E-state index is 11.2. The number of carbonyl (C=O) groups excluding carboxylic acids is 1. The Morgan fingerprint density at radius 2 is 2.00 bits per heavy atom. The Balaban J connectivity index is 1.85. The van der Waals surface area contributed by atoms with Crippen molar-refractivity contribution in [3.63, 3.8) is 0 Å². The lowest BCUT2D eigenvalue weighted by Gasteiger charge is -2.29. The summed E-state index contributed by atoms with van der Waals surface area (Å²) >= 11 is 0. The molecule has 1 fully saturated rings. The van der Waals surface area contributed by atoms with E-state index < -0.39 is 6.09 Å². The fourth-order valence-electron chi connectivity index (χ4n) is 3.22. The second-order valence-corrected chi connectivity index (χ2v) is 7.30. The van der Waals surface area contributed by atoms with Crippen LogP contribution >= 0.6 is 0 Å². The van der Waals surface area contributed by atoms with Gasteiger partial charge in [0.05, 0.1) is 0 Å². The summed E-state index contributed by atoms with van der Waals surface area (Å²) in [6.07, 6.45) is 3.25. The Morgan fingerprint density at radius 3 is 2.71 bits per heavy atom. The maximum atomic E-state index is 11.2. The SMILES string of the molecule is CC(C)c1cccc(Nc2cc(N[C@@H]3CCCC[C@@H]3N)nnc2OC(N)=O)n1. The fourth-order valence-corrected chi connectivity index (χ4v) is 3.22. The van der Waals surface area contributed by atoms with Crippen LogP contribution in [0.2, 0.25) is 0 Å². The third kappa shape index (κ3) is 5.07. The summed E-state index contributed by atoms with van der Waals surface area (Å²) in [5.74, 6) is 1.42. The molecule has 1 aliphatic rings. The van der Waals surface area contributed by atoms with Crippen molar-refractivity contribution in [1.82, 2.24) is 15.2 Å². The largest absolute Gasteiger partial charge is 0.411 e. The topological polar surface area (TPSA) is 141 Å². The lowest BCUT2D eigenvalue weighted by molar-refractivity contribution is 0.209. The van der Waals surface area contributed by atoms with Gasteiger partial charge in [-0.15, -0.1) is 10.2 Å². The first-order valence-electron chi connectivity index (χ1n) is 9.53. The molecule has 28 heavy (non-hydrogen) atoms. The predicted molar refractivity (Wildman–Crippen MR) is 108 cm³/mol. The van der Waals surface area contributed by atoms with Crippen LogP contribution in [-0.2, 0) is 0 Å². The Morgan fingerprint density at radius 1 is 1.21 bits per heavy atom. The first-order chi connectivity index (χ1) is 13.4. The average Bonchev–Trinajstić information content (AvgIpc) is 2.65. The van der Waals surface area contributed by atoms with Crippen molar-refractivity contribution >= 4 is 23.4 Å². The first kappa shape index (κ1) is 19.8. The number of nitrogens with zero attached hydrogens (tertiary/aromatic N) is 3. The molecule has 2 aromatic rings. The third-order valence-corrected chi connectivity index (χ3v) is 4.73. The summed E-state index contributed by atoms with van der Waals surface area (Å²) in [4.78, 5) is 15.8. The minimum atomic E-state index is -0.962. The number of rotatable bonds is 6. The van der Waals surface area contributed by atoms with Crippen molar-refractivity contribution in [2.75, 3.05) is 10.6 Å². The molecule has 2 aromatic heterocycles. The number of hydrogen-bond donors (Lipinski definition) is 4. The van der Waals surface area contributed by atoms with E-state index in [0.717, 1.165) is 31.4 Å². The van der Waals surface area contributed by atoms with Gasteiger partial charge in [-0.25, -0.2) is 9.78 Å². The highest BCUT2D eigenvalue weighted by atomic mass is 16.6. The molecule has 0 spiro atoms. The van der Waals surface area contributed by atoms with Gasteiger partial charge in [-0.3, -0.25) is 0 Å². The minimum Gasteiger partial charge on any atom is -0.387 e. The van der Waals surface area contributed by atoms with Gasteiger partial charge < -0.3 is 26.8 Å². The van der Waals surface area contributed by atoms with Crippen molar-refractivity contribution < 1.29 is 9.53 Å². The van der Waals surface area contributed by atoms with Gasteiger partial charge in [0.2, 0.25) is 0 Å². The number of aromatic nitrogens is 3. The van der Waals surface area contributed by atoms with Crippen LogP contribution in [-0.4, -0.2) is 33.4 Å². The molecule has 0 aromatic carbocycles. The number of carbonyl (C=O) groups is 1. The van der Waals surface area contributed by atoms with Crippen LogP contribution in [0.5, 0.6) is 5.88 Å². The first-order valence-corrected chi connectivity index (χ1v) is 9.53. The molecule has 0 unspecified atom stereocenters. The van der Waals surface area contributed by atoms with Crippen LogP contribution < -0.4 is 26.8 Å².